The molecule has 3 heteroatoms. The van der Waals surface area contributed by atoms with Crippen LogP contribution in [0.2, 0.25) is 0 Å². The molecule has 1 heterocycles. The maximum Gasteiger partial charge on any atom is 0.0669 e. The van der Waals surface area contributed by atoms with Crippen molar-refractivity contribution in [2.75, 3.05) is 0 Å². The van der Waals surface area contributed by atoms with E-state index in [9.17, 15) is 0 Å². The fourth-order valence-electron chi connectivity index (χ4n) is 2.32. The SMILES string of the molecule is CCc1nn(CC(C)C)c(CC)c1CNC(C)(C)C. The summed E-state index contributed by atoms with van der Waals surface area (Å²) >= 11 is 0. The molecule has 0 saturated carbocycles. The predicted molar refractivity (Wildman–Crippen MR) is 82.4 cm³/mol. The lowest BCUT2D eigenvalue weighted by Gasteiger charge is -2.21. The Balaban J connectivity index is 3.02. The monoisotopic (exact) mass is 265 g/mol. The molecule has 0 aliphatic heterocycles. The highest BCUT2D eigenvalue weighted by atomic mass is 15.3. The van der Waals surface area contributed by atoms with Crippen molar-refractivity contribution in [2.45, 2.75) is 79.9 Å². The van der Waals surface area contributed by atoms with Gasteiger partial charge in [-0.3, -0.25) is 4.68 Å². The molecule has 0 aliphatic rings. The first kappa shape index (κ1) is 16.2. The van der Waals surface area contributed by atoms with Crippen molar-refractivity contribution in [2.24, 2.45) is 5.92 Å². The van der Waals surface area contributed by atoms with E-state index in [1.54, 1.807) is 0 Å². The van der Waals surface area contributed by atoms with Crippen LogP contribution < -0.4 is 5.32 Å². The molecular formula is C16H31N3. The highest BCUT2D eigenvalue weighted by Crippen LogP contribution is 2.18. The van der Waals surface area contributed by atoms with Gasteiger partial charge in [0.2, 0.25) is 0 Å². The molecule has 0 spiro atoms. The Hall–Kier alpha value is -0.830. The Morgan fingerprint density at radius 1 is 1.16 bits per heavy atom. The summed E-state index contributed by atoms with van der Waals surface area (Å²) < 4.78 is 2.23. The van der Waals surface area contributed by atoms with Gasteiger partial charge in [0.15, 0.2) is 0 Å². The fourth-order valence-corrected chi connectivity index (χ4v) is 2.32. The third kappa shape index (κ3) is 4.64. The molecule has 110 valence electrons. The van der Waals surface area contributed by atoms with E-state index in [1.165, 1.54) is 17.0 Å². The smallest absolute Gasteiger partial charge is 0.0669 e. The largest absolute Gasteiger partial charge is 0.308 e. The van der Waals surface area contributed by atoms with Crippen molar-refractivity contribution in [3.8, 4) is 0 Å². The van der Waals surface area contributed by atoms with Crippen molar-refractivity contribution in [3.05, 3.63) is 17.0 Å². The lowest BCUT2D eigenvalue weighted by atomic mass is 10.1. The van der Waals surface area contributed by atoms with E-state index >= 15 is 0 Å². The molecule has 0 fully saturated rings. The molecule has 0 bridgehead atoms. The van der Waals surface area contributed by atoms with Gasteiger partial charge in [0, 0.05) is 29.9 Å². The maximum absolute atomic E-state index is 4.82. The molecule has 0 aliphatic carbocycles. The Bertz CT molecular complexity index is 397. The summed E-state index contributed by atoms with van der Waals surface area (Å²) in [6.07, 6.45) is 2.07. The predicted octanol–water partition coefficient (Wildman–Crippen LogP) is 3.55. The van der Waals surface area contributed by atoms with E-state index in [0.717, 1.165) is 25.9 Å². The van der Waals surface area contributed by atoms with Crippen LogP contribution in [0, 0.1) is 5.92 Å². The fraction of sp³-hybridized carbons (Fsp3) is 0.812. The van der Waals surface area contributed by atoms with Gasteiger partial charge in [-0.2, -0.15) is 5.10 Å². The minimum atomic E-state index is 0.149. The molecule has 1 aromatic rings. The quantitative estimate of drug-likeness (QED) is 0.852. The number of nitrogens with one attached hydrogen (secondary N) is 1. The molecular weight excluding hydrogens is 234 g/mol. The van der Waals surface area contributed by atoms with Crippen molar-refractivity contribution < 1.29 is 0 Å². The maximum atomic E-state index is 4.82. The summed E-state index contributed by atoms with van der Waals surface area (Å²) in [5, 5.41) is 8.42. The molecule has 0 unspecified atom stereocenters. The first-order valence-electron chi connectivity index (χ1n) is 7.60. The Morgan fingerprint density at radius 2 is 1.79 bits per heavy atom. The first-order valence-corrected chi connectivity index (χ1v) is 7.60. The highest BCUT2D eigenvalue weighted by Gasteiger charge is 2.18. The lowest BCUT2D eigenvalue weighted by Crippen LogP contribution is -2.35. The van der Waals surface area contributed by atoms with E-state index in [-0.39, 0.29) is 5.54 Å². The van der Waals surface area contributed by atoms with Crippen LogP contribution in [0.5, 0.6) is 0 Å². The van der Waals surface area contributed by atoms with Crippen molar-refractivity contribution in [3.63, 3.8) is 0 Å². The number of aromatic nitrogens is 2. The minimum Gasteiger partial charge on any atom is -0.308 e. The van der Waals surface area contributed by atoms with E-state index in [2.05, 4.69) is 58.5 Å². The van der Waals surface area contributed by atoms with E-state index < -0.39 is 0 Å². The van der Waals surface area contributed by atoms with E-state index in [0.29, 0.717) is 5.92 Å². The van der Waals surface area contributed by atoms with Gasteiger partial charge < -0.3 is 5.32 Å². The zero-order valence-corrected chi connectivity index (χ0v) is 13.8. The standard InChI is InChI=1S/C16H31N3/c1-8-14-13(10-17-16(5,6)7)15(9-2)19(18-14)11-12(3)4/h12,17H,8-11H2,1-7H3. The molecule has 0 aromatic carbocycles. The summed E-state index contributed by atoms with van der Waals surface area (Å²) in [7, 11) is 0. The highest BCUT2D eigenvalue weighted by molar-refractivity contribution is 5.27. The van der Waals surface area contributed by atoms with Crippen molar-refractivity contribution in [1.82, 2.24) is 15.1 Å². The number of hydrogen-bond donors (Lipinski definition) is 1. The molecule has 1 N–H and O–H groups in total. The van der Waals surface area contributed by atoms with Gasteiger partial charge >= 0.3 is 0 Å². The number of nitrogens with zero attached hydrogens (tertiary/aromatic N) is 2. The van der Waals surface area contributed by atoms with Gasteiger partial charge in [0.05, 0.1) is 5.69 Å². The van der Waals surface area contributed by atoms with E-state index in [4.69, 9.17) is 5.10 Å². The molecule has 3 nitrogen and oxygen atoms in total. The van der Waals surface area contributed by atoms with Crippen LogP contribution in [0.4, 0.5) is 0 Å². The first-order chi connectivity index (χ1) is 8.78. The minimum absolute atomic E-state index is 0.149. The summed E-state index contributed by atoms with van der Waals surface area (Å²) in [6.45, 7) is 17.5. The zero-order chi connectivity index (χ0) is 14.6. The van der Waals surface area contributed by atoms with E-state index in [1.807, 2.05) is 0 Å². The normalized spacial score (nSPS) is 12.4. The summed E-state index contributed by atoms with van der Waals surface area (Å²) in [4.78, 5) is 0. The molecule has 0 saturated heterocycles. The number of rotatable bonds is 6. The van der Waals surface area contributed by atoms with Crippen LogP contribution in [0.1, 0.15) is 65.4 Å². The van der Waals surface area contributed by atoms with Crippen molar-refractivity contribution >= 4 is 0 Å². The summed E-state index contributed by atoms with van der Waals surface area (Å²) in [5.41, 5.74) is 4.23. The molecule has 0 amide bonds. The van der Waals surface area contributed by atoms with Gasteiger partial charge in [-0.1, -0.05) is 27.7 Å². The Kier molecular flexibility index (Phi) is 5.60. The summed E-state index contributed by atoms with van der Waals surface area (Å²) in [5.74, 6) is 0.637. The third-order valence-corrected chi connectivity index (χ3v) is 3.25. The molecule has 1 rings (SSSR count). The van der Waals surface area contributed by atoms with Gasteiger partial charge in [-0.25, -0.2) is 0 Å². The van der Waals surface area contributed by atoms with Crippen LogP contribution in [0.3, 0.4) is 0 Å². The third-order valence-electron chi connectivity index (χ3n) is 3.25. The molecule has 0 atom stereocenters. The summed E-state index contributed by atoms with van der Waals surface area (Å²) in [6, 6.07) is 0. The lowest BCUT2D eigenvalue weighted by molar-refractivity contribution is 0.421. The number of aryl methyl sites for hydroxylation is 1. The van der Waals surface area contributed by atoms with Gasteiger partial charge in [-0.15, -0.1) is 0 Å². The van der Waals surface area contributed by atoms with Crippen LogP contribution in [-0.2, 0) is 25.9 Å². The van der Waals surface area contributed by atoms with Crippen LogP contribution in [-0.4, -0.2) is 15.3 Å². The second-order valence-electron chi connectivity index (χ2n) is 6.76. The van der Waals surface area contributed by atoms with Gasteiger partial charge in [-0.05, 0) is 39.5 Å². The van der Waals surface area contributed by atoms with Gasteiger partial charge in [0.1, 0.15) is 0 Å². The molecule has 0 radical (unpaired) electrons. The Morgan fingerprint density at radius 3 is 2.21 bits per heavy atom. The second kappa shape index (κ2) is 6.56. The van der Waals surface area contributed by atoms with Crippen LogP contribution in [0.25, 0.3) is 0 Å². The topological polar surface area (TPSA) is 29.9 Å². The van der Waals surface area contributed by atoms with Crippen molar-refractivity contribution in [1.29, 1.82) is 0 Å². The number of hydrogen-bond acceptors (Lipinski definition) is 2. The average Bonchev–Trinajstić information content (AvgIpc) is 2.61. The molecule has 1 aromatic heterocycles. The molecule has 19 heavy (non-hydrogen) atoms. The Labute approximate surface area is 118 Å². The van der Waals surface area contributed by atoms with Crippen LogP contribution >= 0.6 is 0 Å². The average molecular weight is 265 g/mol. The van der Waals surface area contributed by atoms with Crippen LogP contribution in [0.15, 0.2) is 0 Å². The zero-order valence-electron chi connectivity index (χ0n) is 13.8. The second-order valence-corrected chi connectivity index (χ2v) is 6.76. The van der Waals surface area contributed by atoms with Gasteiger partial charge in [0.25, 0.3) is 0 Å².